The molecule has 2 aromatic carbocycles. The lowest BCUT2D eigenvalue weighted by atomic mass is 9.93. The summed E-state index contributed by atoms with van der Waals surface area (Å²) in [5.74, 6) is -0.194. The third kappa shape index (κ3) is 5.94. The Bertz CT molecular complexity index is 806. The van der Waals surface area contributed by atoms with E-state index in [-0.39, 0.29) is 12.5 Å². The van der Waals surface area contributed by atoms with Crippen LogP contribution < -0.4 is 0 Å². The lowest BCUT2D eigenvalue weighted by molar-refractivity contribution is 0.288. The molecule has 0 bridgehead atoms. The predicted octanol–water partition coefficient (Wildman–Crippen LogP) is 5.34. The molecule has 2 rings (SSSR count). The zero-order valence-electron chi connectivity index (χ0n) is 13.0. The van der Waals surface area contributed by atoms with E-state index in [1.54, 1.807) is 18.2 Å². The van der Waals surface area contributed by atoms with Crippen LogP contribution in [0.3, 0.4) is 0 Å². The Morgan fingerprint density at radius 3 is 2.38 bits per heavy atom. The summed E-state index contributed by atoms with van der Waals surface area (Å²) in [5, 5.41) is 1.70. The topological polar surface area (TPSA) is 43.4 Å². The van der Waals surface area contributed by atoms with Crippen LogP contribution in [0.4, 0.5) is 0 Å². The molecule has 0 saturated heterocycles. The van der Waals surface area contributed by atoms with Crippen molar-refractivity contribution in [2.24, 2.45) is 0 Å². The van der Waals surface area contributed by atoms with Gasteiger partial charge in [0.25, 0.3) is 10.1 Å². The average Bonchev–Trinajstić information content (AvgIpc) is 2.49. The summed E-state index contributed by atoms with van der Waals surface area (Å²) < 4.78 is 27.7. The Hall–Kier alpha value is -0.780. The van der Waals surface area contributed by atoms with Gasteiger partial charge in [0.15, 0.2) is 0 Å². The Balaban J connectivity index is 2.20. The van der Waals surface area contributed by atoms with Crippen molar-refractivity contribution in [3.05, 3.63) is 68.7 Å². The third-order valence-electron chi connectivity index (χ3n) is 3.61. The van der Waals surface area contributed by atoms with Gasteiger partial charge in [0.05, 0.1) is 12.9 Å². The quantitative estimate of drug-likeness (QED) is 0.582. The first-order chi connectivity index (χ1) is 11.3. The molecule has 130 valence electrons. The molecule has 3 nitrogen and oxygen atoms in total. The molecule has 0 saturated carbocycles. The molecule has 0 unspecified atom stereocenters. The molecule has 2 aromatic rings. The lowest BCUT2D eigenvalue weighted by Gasteiger charge is -2.19. The number of benzene rings is 2. The van der Waals surface area contributed by atoms with E-state index in [4.69, 9.17) is 39.0 Å². The first-order valence-corrected chi connectivity index (χ1v) is 10.2. The monoisotopic (exact) mass is 406 g/mol. The SMILES string of the molecule is CS(=O)(=O)OC[C@H](CCc1ccccc1Cl)c1ccc(Cl)cc1Cl. The van der Waals surface area contributed by atoms with Crippen LogP contribution in [-0.4, -0.2) is 21.3 Å². The van der Waals surface area contributed by atoms with Crippen molar-refractivity contribution in [1.82, 2.24) is 0 Å². The van der Waals surface area contributed by atoms with Crippen LogP contribution in [-0.2, 0) is 20.7 Å². The molecule has 0 N–H and O–H groups in total. The first-order valence-electron chi connectivity index (χ1n) is 7.29. The molecule has 0 amide bonds. The highest BCUT2D eigenvalue weighted by Gasteiger charge is 2.18. The number of hydrogen-bond acceptors (Lipinski definition) is 3. The highest BCUT2D eigenvalue weighted by molar-refractivity contribution is 7.85. The van der Waals surface area contributed by atoms with E-state index < -0.39 is 10.1 Å². The minimum absolute atomic E-state index is 0.0185. The van der Waals surface area contributed by atoms with Gasteiger partial charge in [-0.2, -0.15) is 8.42 Å². The smallest absolute Gasteiger partial charge is 0.264 e. The van der Waals surface area contributed by atoms with Gasteiger partial charge in [-0.1, -0.05) is 59.1 Å². The Morgan fingerprint density at radius 1 is 1.04 bits per heavy atom. The average molecular weight is 408 g/mol. The van der Waals surface area contributed by atoms with Crippen LogP contribution in [0.15, 0.2) is 42.5 Å². The van der Waals surface area contributed by atoms with Crippen LogP contribution >= 0.6 is 34.8 Å². The van der Waals surface area contributed by atoms with Crippen LogP contribution in [0, 0.1) is 0 Å². The second-order valence-electron chi connectivity index (χ2n) is 5.48. The van der Waals surface area contributed by atoms with Gasteiger partial charge < -0.3 is 0 Å². The molecule has 0 aliphatic heterocycles. The van der Waals surface area contributed by atoms with Gasteiger partial charge in [-0.3, -0.25) is 4.18 Å². The van der Waals surface area contributed by atoms with Crippen molar-refractivity contribution in [3.63, 3.8) is 0 Å². The molecule has 24 heavy (non-hydrogen) atoms. The molecule has 0 heterocycles. The van der Waals surface area contributed by atoms with Crippen LogP contribution in [0.2, 0.25) is 15.1 Å². The maximum atomic E-state index is 11.3. The second-order valence-corrected chi connectivity index (χ2v) is 8.38. The number of rotatable bonds is 7. The molecular weight excluding hydrogens is 391 g/mol. The Morgan fingerprint density at radius 2 is 1.75 bits per heavy atom. The largest absolute Gasteiger partial charge is 0.270 e. The van der Waals surface area contributed by atoms with Crippen LogP contribution in [0.5, 0.6) is 0 Å². The molecule has 0 fully saturated rings. The third-order valence-corrected chi connectivity index (χ3v) is 5.10. The van der Waals surface area contributed by atoms with Crippen molar-refractivity contribution in [2.45, 2.75) is 18.8 Å². The van der Waals surface area contributed by atoms with Crippen molar-refractivity contribution >= 4 is 44.9 Å². The molecule has 0 aromatic heterocycles. The Kier molecular flexibility index (Phi) is 6.96. The fourth-order valence-electron chi connectivity index (χ4n) is 2.40. The summed E-state index contributed by atoms with van der Waals surface area (Å²) in [5.41, 5.74) is 1.80. The second kappa shape index (κ2) is 8.54. The zero-order chi connectivity index (χ0) is 17.7. The molecule has 0 aliphatic carbocycles. The van der Waals surface area contributed by atoms with Crippen molar-refractivity contribution in [1.29, 1.82) is 0 Å². The zero-order valence-corrected chi connectivity index (χ0v) is 16.1. The maximum absolute atomic E-state index is 11.3. The number of hydrogen-bond donors (Lipinski definition) is 0. The normalized spacial score (nSPS) is 13.0. The summed E-state index contributed by atoms with van der Waals surface area (Å²) in [6.45, 7) is 0.0185. The summed E-state index contributed by atoms with van der Waals surface area (Å²) in [6.07, 6.45) is 2.35. The fourth-order valence-corrected chi connectivity index (χ4v) is 3.60. The van der Waals surface area contributed by atoms with E-state index in [0.29, 0.717) is 27.9 Å². The van der Waals surface area contributed by atoms with Gasteiger partial charge in [-0.25, -0.2) is 0 Å². The van der Waals surface area contributed by atoms with E-state index in [0.717, 1.165) is 17.4 Å². The van der Waals surface area contributed by atoms with E-state index >= 15 is 0 Å². The van der Waals surface area contributed by atoms with E-state index in [9.17, 15) is 8.42 Å². The van der Waals surface area contributed by atoms with Crippen LogP contribution in [0.1, 0.15) is 23.5 Å². The van der Waals surface area contributed by atoms with E-state index in [1.165, 1.54) is 0 Å². The van der Waals surface area contributed by atoms with Crippen molar-refractivity contribution < 1.29 is 12.6 Å². The fraction of sp³-hybridized carbons (Fsp3) is 0.294. The van der Waals surface area contributed by atoms with Crippen molar-refractivity contribution in [2.75, 3.05) is 12.9 Å². The highest BCUT2D eigenvalue weighted by atomic mass is 35.5. The van der Waals surface area contributed by atoms with Crippen molar-refractivity contribution in [3.8, 4) is 0 Å². The number of aryl methyl sites for hydroxylation is 1. The molecule has 0 spiro atoms. The van der Waals surface area contributed by atoms with Gasteiger partial charge in [0, 0.05) is 21.0 Å². The number of halogens is 3. The summed E-state index contributed by atoms with van der Waals surface area (Å²) >= 11 is 18.4. The summed E-state index contributed by atoms with van der Waals surface area (Å²) in [7, 11) is -3.53. The van der Waals surface area contributed by atoms with Gasteiger partial charge in [-0.05, 0) is 42.2 Å². The molecule has 0 radical (unpaired) electrons. The van der Waals surface area contributed by atoms with Gasteiger partial charge in [-0.15, -0.1) is 0 Å². The molecular formula is C17H17Cl3O3S. The highest BCUT2D eigenvalue weighted by Crippen LogP contribution is 2.32. The van der Waals surface area contributed by atoms with Gasteiger partial charge in [0.1, 0.15) is 0 Å². The van der Waals surface area contributed by atoms with Gasteiger partial charge >= 0.3 is 0 Å². The lowest BCUT2D eigenvalue weighted by Crippen LogP contribution is -2.13. The summed E-state index contributed by atoms with van der Waals surface area (Å²) in [4.78, 5) is 0. The summed E-state index contributed by atoms with van der Waals surface area (Å²) in [6, 6.07) is 12.7. The van der Waals surface area contributed by atoms with Crippen LogP contribution in [0.25, 0.3) is 0 Å². The molecule has 0 aliphatic rings. The minimum atomic E-state index is -3.53. The van der Waals surface area contributed by atoms with Gasteiger partial charge in [0.2, 0.25) is 0 Å². The standard InChI is InChI=1S/C17H17Cl3O3S/c1-24(21,22)23-11-13(15-9-8-14(18)10-17(15)20)7-6-12-4-2-3-5-16(12)19/h2-5,8-10,13H,6-7,11H2,1H3/t13-/m0/s1. The van der Waals surface area contributed by atoms with E-state index in [1.807, 2.05) is 24.3 Å². The first kappa shape index (κ1) is 19.5. The minimum Gasteiger partial charge on any atom is -0.270 e. The van der Waals surface area contributed by atoms with E-state index in [2.05, 4.69) is 0 Å². The maximum Gasteiger partial charge on any atom is 0.264 e. The predicted molar refractivity (Wildman–Crippen MR) is 99.8 cm³/mol. The molecule has 1 atom stereocenters. The Labute approximate surface area is 157 Å². The molecule has 7 heteroatoms.